The van der Waals surface area contributed by atoms with Gasteiger partial charge in [-0.05, 0) is 35.4 Å². The fourth-order valence-corrected chi connectivity index (χ4v) is 3.58. The lowest BCUT2D eigenvalue weighted by molar-refractivity contribution is 0.0632. The van der Waals surface area contributed by atoms with Gasteiger partial charge in [0.05, 0.1) is 33.0 Å². The van der Waals surface area contributed by atoms with Crippen molar-refractivity contribution in [2.24, 2.45) is 11.8 Å². The third kappa shape index (κ3) is 3.66. The van der Waals surface area contributed by atoms with Crippen LogP contribution in [0.4, 0.5) is 0 Å². The summed E-state index contributed by atoms with van der Waals surface area (Å²) in [5.74, 6) is -0.106. The van der Waals surface area contributed by atoms with E-state index in [4.69, 9.17) is 14.2 Å². The molecule has 2 aromatic rings. The molecule has 1 fully saturated rings. The fraction of sp³-hybridized carbons (Fsp3) is 0.400. The number of aromatic hydroxyl groups is 2. The zero-order valence-electron chi connectivity index (χ0n) is 15.2. The van der Waals surface area contributed by atoms with Crippen molar-refractivity contribution in [3.05, 3.63) is 47.5 Å². The van der Waals surface area contributed by atoms with Crippen LogP contribution in [0.3, 0.4) is 0 Å². The number of ether oxygens (including phenoxy) is 3. The molecule has 3 rings (SSSR count). The lowest BCUT2D eigenvalue weighted by Gasteiger charge is -2.25. The first-order valence-corrected chi connectivity index (χ1v) is 8.64. The summed E-state index contributed by atoms with van der Waals surface area (Å²) in [6.07, 6.45) is -1.34. The number of aliphatic hydroxyl groups excluding tert-OH is 2. The summed E-state index contributed by atoms with van der Waals surface area (Å²) in [7, 11) is 2.90. The Morgan fingerprint density at radius 3 is 2.30 bits per heavy atom. The number of benzene rings is 2. The minimum atomic E-state index is -0.902. The average Bonchev–Trinajstić information content (AvgIpc) is 3.12. The zero-order chi connectivity index (χ0) is 19.6. The second-order valence-corrected chi connectivity index (χ2v) is 6.57. The topological polar surface area (TPSA) is 109 Å². The van der Waals surface area contributed by atoms with Gasteiger partial charge in [-0.25, -0.2) is 0 Å². The van der Waals surface area contributed by atoms with Gasteiger partial charge in [-0.3, -0.25) is 0 Å². The molecule has 0 aliphatic carbocycles. The third-order valence-corrected chi connectivity index (χ3v) is 5.10. The van der Waals surface area contributed by atoms with E-state index in [0.29, 0.717) is 11.3 Å². The normalized spacial score (nSPS) is 23.2. The Labute approximate surface area is 157 Å². The Balaban J connectivity index is 1.86. The number of phenols is 2. The molecule has 1 unspecified atom stereocenters. The molecule has 0 aromatic heterocycles. The first-order chi connectivity index (χ1) is 13.0. The molecule has 0 radical (unpaired) electrons. The van der Waals surface area contributed by atoms with Crippen LogP contribution in [0.2, 0.25) is 0 Å². The van der Waals surface area contributed by atoms with E-state index in [2.05, 4.69) is 0 Å². The molecule has 0 bridgehead atoms. The number of rotatable bonds is 6. The van der Waals surface area contributed by atoms with E-state index in [0.717, 1.165) is 5.56 Å². The second-order valence-electron chi connectivity index (χ2n) is 6.57. The molecule has 1 heterocycles. The minimum absolute atomic E-state index is 0.0103. The highest BCUT2D eigenvalue weighted by Crippen LogP contribution is 2.45. The van der Waals surface area contributed by atoms with Crippen molar-refractivity contribution < 1.29 is 34.6 Å². The Hall–Kier alpha value is -2.48. The van der Waals surface area contributed by atoms with Crippen LogP contribution in [0.25, 0.3) is 0 Å². The Kier molecular flexibility index (Phi) is 5.74. The highest BCUT2D eigenvalue weighted by Gasteiger charge is 2.42. The van der Waals surface area contributed by atoms with Crippen molar-refractivity contribution in [2.45, 2.75) is 12.2 Å². The Morgan fingerprint density at radius 1 is 1.04 bits per heavy atom. The first-order valence-electron chi connectivity index (χ1n) is 8.64. The van der Waals surface area contributed by atoms with Gasteiger partial charge in [0.25, 0.3) is 0 Å². The molecule has 0 amide bonds. The van der Waals surface area contributed by atoms with Crippen molar-refractivity contribution in [1.29, 1.82) is 0 Å². The summed E-state index contributed by atoms with van der Waals surface area (Å²) in [5, 5.41) is 40.3. The van der Waals surface area contributed by atoms with Crippen LogP contribution >= 0.6 is 0 Å². The lowest BCUT2D eigenvalue weighted by Crippen LogP contribution is -2.25. The molecule has 1 aliphatic rings. The quantitative estimate of drug-likeness (QED) is 0.612. The van der Waals surface area contributed by atoms with Crippen LogP contribution in [0.15, 0.2) is 36.4 Å². The van der Waals surface area contributed by atoms with E-state index in [1.807, 2.05) is 0 Å². The summed E-state index contributed by atoms with van der Waals surface area (Å²) >= 11 is 0. The van der Waals surface area contributed by atoms with Gasteiger partial charge in [0, 0.05) is 18.4 Å². The Bertz CT molecular complexity index is 792. The fourth-order valence-electron chi connectivity index (χ4n) is 3.58. The standard InChI is InChI=1S/C20H24O7/c1-25-17-7-11(3-5-15(17)22)19(24)14-10-27-20(13(14)9-21)12-4-6-16(23)18(8-12)26-2/h3-8,13-14,19-24H,9-10H2,1-2H3/t13-,14-,19?,20+/m0/s1. The summed E-state index contributed by atoms with van der Waals surface area (Å²) in [6.45, 7) is 0.0776. The molecule has 27 heavy (non-hydrogen) atoms. The smallest absolute Gasteiger partial charge is 0.160 e. The monoisotopic (exact) mass is 376 g/mol. The number of aliphatic hydroxyl groups is 2. The van der Waals surface area contributed by atoms with Gasteiger partial charge >= 0.3 is 0 Å². The molecule has 1 aliphatic heterocycles. The molecule has 7 heteroatoms. The van der Waals surface area contributed by atoms with Crippen LogP contribution in [0, 0.1) is 11.8 Å². The minimum Gasteiger partial charge on any atom is -0.504 e. The molecule has 4 atom stereocenters. The van der Waals surface area contributed by atoms with Crippen LogP contribution in [0.5, 0.6) is 23.0 Å². The van der Waals surface area contributed by atoms with Crippen molar-refractivity contribution in [3.8, 4) is 23.0 Å². The van der Waals surface area contributed by atoms with Crippen molar-refractivity contribution in [3.63, 3.8) is 0 Å². The van der Waals surface area contributed by atoms with Crippen molar-refractivity contribution >= 4 is 0 Å². The van der Waals surface area contributed by atoms with E-state index in [9.17, 15) is 20.4 Å². The van der Waals surface area contributed by atoms with Gasteiger partial charge in [0.1, 0.15) is 0 Å². The van der Waals surface area contributed by atoms with E-state index < -0.39 is 12.2 Å². The van der Waals surface area contributed by atoms with Crippen LogP contribution < -0.4 is 9.47 Å². The van der Waals surface area contributed by atoms with Gasteiger partial charge < -0.3 is 34.6 Å². The largest absolute Gasteiger partial charge is 0.504 e. The second kappa shape index (κ2) is 8.04. The van der Waals surface area contributed by atoms with Crippen molar-refractivity contribution in [2.75, 3.05) is 27.4 Å². The maximum absolute atomic E-state index is 10.8. The highest BCUT2D eigenvalue weighted by atomic mass is 16.5. The van der Waals surface area contributed by atoms with Crippen LogP contribution in [0.1, 0.15) is 23.3 Å². The SMILES string of the molecule is COc1cc(C(O)[C@H]2CO[C@H](c3ccc(O)c(OC)c3)[C@H]2CO)ccc1O. The molecule has 146 valence electrons. The van der Waals surface area contributed by atoms with Gasteiger partial charge in [0.2, 0.25) is 0 Å². The molecular formula is C20H24O7. The average molecular weight is 376 g/mol. The van der Waals surface area contributed by atoms with Gasteiger partial charge in [-0.1, -0.05) is 12.1 Å². The lowest BCUT2D eigenvalue weighted by atomic mass is 9.82. The van der Waals surface area contributed by atoms with Gasteiger partial charge in [-0.2, -0.15) is 0 Å². The predicted octanol–water partition coefficient (Wildman–Crippen LogP) is 2.14. The Morgan fingerprint density at radius 2 is 1.67 bits per heavy atom. The molecule has 1 saturated heterocycles. The maximum atomic E-state index is 10.8. The van der Waals surface area contributed by atoms with E-state index >= 15 is 0 Å². The number of phenolic OH excluding ortho intramolecular Hbond substituents is 2. The summed E-state index contributed by atoms with van der Waals surface area (Å²) in [6, 6.07) is 9.55. The first kappa shape index (κ1) is 19.3. The molecule has 0 saturated carbocycles. The highest BCUT2D eigenvalue weighted by molar-refractivity contribution is 5.44. The van der Waals surface area contributed by atoms with E-state index in [1.54, 1.807) is 24.3 Å². The van der Waals surface area contributed by atoms with Gasteiger partial charge in [0.15, 0.2) is 23.0 Å². The van der Waals surface area contributed by atoms with E-state index in [1.165, 1.54) is 26.4 Å². The summed E-state index contributed by atoms with van der Waals surface area (Å²) in [5.41, 5.74) is 1.32. The molecular weight excluding hydrogens is 352 g/mol. The number of hydrogen-bond donors (Lipinski definition) is 4. The summed E-state index contributed by atoms with van der Waals surface area (Å²) < 4.78 is 16.1. The zero-order valence-corrected chi connectivity index (χ0v) is 15.2. The van der Waals surface area contributed by atoms with Crippen LogP contribution in [-0.4, -0.2) is 47.9 Å². The van der Waals surface area contributed by atoms with Gasteiger partial charge in [-0.15, -0.1) is 0 Å². The molecule has 2 aromatic carbocycles. The summed E-state index contributed by atoms with van der Waals surface area (Å²) in [4.78, 5) is 0. The molecule has 0 spiro atoms. The predicted molar refractivity (Wildman–Crippen MR) is 97.0 cm³/mol. The number of hydrogen-bond acceptors (Lipinski definition) is 7. The third-order valence-electron chi connectivity index (χ3n) is 5.10. The maximum Gasteiger partial charge on any atom is 0.160 e. The van der Waals surface area contributed by atoms with Crippen molar-refractivity contribution in [1.82, 2.24) is 0 Å². The molecule has 7 nitrogen and oxygen atoms in total. The molecule has 4 N–H and O–H groups in total. The van der Waals surface area contributed by atoms with Crippen LogP contribution in [-0.2, 0) is 4.74 Å². The number of methoxy groups -OCH3 is 2. The van der Waals surface area contributed by atoms with E-state index in [-0.39, 0.29) is 42.3 Å².